The molecule has 0 N–H and O–H groups in total. The lowest BCUT2D eigenvalue weighted by Crippen LogP contribution is -2.60. The van der Waals surface area contributed by atoms with Gasteiger partial charge in [-0.1, -0.05) is 56.1 Å². The lowest BCUT2D eigenvalue weighted by atomic mass is 9.81. The standard InChI is InChI=1S/C36H41Cl2FN6O3S/c1-6-24-9-11-27(32(47)42-15-16-43(21(4)46)36(19-42)13-14-36)44(24)33(48)30-29(20(2)3)45-31(22-7-10-25(37)26(39)17-22)35(5,41-34(45)49-30)23-8-12-28(38)40-18-23/h7-8,10,12,17-18,20,24,27,31H,6,9,11,13-16,19H2,1-5H3/t24-,27-,31-,35+/m1/s1. The van der Waals surface area contributed by atoms with Crippen LogP contribution >= 0.6 is 35.0 Å². The lowest BCUT2D eigenvalue weighted by Gasteiger charge is -2.43. The van der Waals surface area contributed by atoms with E-state index < -0.39 is 23.4 Å². The highest BCUT2D eigenvalue weighted by Crippen LogP contribution is 2.56. The molecule has 4 aliphatic heterocycles. The Hall–Kier alpha value is -3.15. The molecule has 4 atom stereocenters. The van der Waals surface area contributed by atoms with Crippen LogP contribution in [0.4, 0.5) is 4.39 Å². The quantitative estimate of drug-likeness (QED) is 0.306. The summed E-state index contributed by atoms with van der Waals surface area (Å²) >= 11 is 13.6. The predicted octanol–water partition coefficient (Wildman–Crippen LogP) is 6.76. The van der Waals surface area contributed by atoms with Crippen LogP contribution in [0.1, 0.15) is 83.9 Å². The lowest BCUT2D eigenvalue weighted by molar-refractivity contribution is -0.148. The van der Waals surface area contributed by atoms with Gasteiger partial charge in [0, 0.05) is 50.1 Å². The van der Waals surface area contributed by atoms with E-state index in [-0.39, 0.29) is 40.2 Å². The summed E-state index contributed by atoms with van der Waals surface area (Å²) in [6.07, 6.45) is 5.54. The zero-order chi connectivity index (χ0) is 35.0. The number of carbonyl (C=O) groups excluding carboxylic acids is 3. The number of carbonyl (C=O) groups is 3. The first kappa shape index (κ1) is 34.3. The molecule has 49 heavy (non-hydrogen) atoms. The summed E-state index contributed by atoms with van der Waals surface area (Å²) in [5.41, 5.74) is 1.08. The molecule has 7 rings (SSSR count). The van der Waals surface area contributed by atoms with Gasteiger partial charge in [0.15, 0.2) is 5.17 Å². The van der Waals surface area contributed by atoms with Gasteiger partial charge in [-0.2, -0.15) is 0 Å². The smallest absolute Gasteiger partial charge is 0.263 e. The van der Waals surface area contributed by atoms with Crippen molar-refractivity contribution in [2.75, 3.05) is 19.6 Å². The Labute approximate surface area is 300 Å². The maximum Gasteiger partial charge on any atom is 0.263 e. The molecule has 2 saturated heterocycles. The Balaban J connectivity index is 1.25. The predicted molar refractivity (Wildman–Crippen MR) is 189 cm³/mol. The number of pyridine rings is 1. The number of hydrogen-bond donors (Lipinski definition) is 0. The van der Waals surface area contributed by atoms with E-state index in [4.69, 9.17) is 28.2 Å². The van der Waals surface area contributed by atoms with Gasteiger partial charge in [-0.05, 0) is 80.5 Å². The van der Waals surface area contributed by atoms with Crippen molar-refractivity contribution in [2.24, 2.45) is 10.9 Å². The van der Waals surface area contributed by atoms with E-state index in [2.05, 4.69) is 16.8 Å². The Morgan fingerprint density at radius 2 is 1.86 bits per heavy atom. The molecule has 260 valence electrons. The van der Waals surface area contributed by atoms with Crippen molar-refractivity contribution >= 4 is 57.9 Å². The van der Waals surface area contributed by atoms with Gasteiger partial charge in [-0.25, -0.2) is 14.4 Å². The number of nitrogens with zero attached hydrogens (tertiary/aromatic N) is 6. The third kappa shape index (κ3) is 5.64. The first-order valence-electron chi connectivity index (χ1n) is 17.1. The Bertz CT molecular complexity index is 1780. The molecular weight excluding hydrogens is 686 g/mol. The van der Waals surface area contributed by atoms with Crippen LogP contribution in [0.2, 0.25) is 10.2 Å². The zero-order valence-electron chi connectivity index (χ0n) is 28.4. The summed E-state index contributed by atoms with van der Waals surface area (Å²) < 4.78 is 15.1. The number of aliphatic imine (C=N–C) groups is 1. The summed E-state index contributed by atoms with van der Waals surface area (Å²) in [6.45, 7) is 11.2. The molecule has 0 unspecified atom stereocenters. The van der Waals surface area contributed by atoms with E-state index >= 15 is 4.39 Å². The molecule has 3 fully saturated rings. The highest BCUT2D eigenvalue weighted by Gasteiger charge is 2.57. The number of aromatic nitrogens is 1. The summed E-state index contributed by atoms with van der Waals surface area (Å²) in [7, 11) is 0. The highest BCUT2D eigenvalue weighted by molar-refractivity contribution is 8.18. The number of amidine groups is 1. The first-order valence-corrected chi connectivity index (χ1v) is 18.6. The van der Waals surface area contributed by atoms with Gasteiger partial charge >= 0.3 is 0 Å². The van der Waals surface area contributed by atoms with E-state index in [1.807, 2.05) is 41.5 Å². The second kappa shape index (κ2) is 12.6. The van der Waals surface area contributed by atoms with Crippen molar-refractivity contribution in [3.8, 4) is 0 Å². The van der Waals surface area contributed by atoms with Crippen LogP contribution < -0.4 is 0 Å². The highest BCUT2D eigenvalue weighted by atomic mass is 35.5. The SMILES string of the molecule is CC[C@@H]1CC[C@H](C(=O)N2CCN(C(C)=O)C3(CC3)C2)N1C(=O)C1=C(C(C)C)N2C(=N[C@@](C)(c3ccc(Cl)nc3)[C@H]2c2ccc(Cl)c(F)c2)S1. The molecule has 1 saturated carbocycles. The summed E-state index contributed by atoms with van der Waals surface area (Å²) in [5.74, 6) is -0.803. The molecular formula is C36H41Cl2FN6O3S. The van der Waals surface area contributed by atoms with Crippen molar-refractivity contribution < 1.29 is 18.8 Å². The van der Waals surface area contributed by atoms with Gasteiger partial charge in [0.25, 0.3) is 5.91 Å². The number of halogens is 3. The average Bonchev–Trinajstić information content (AvgIpc) is 3.39. The van der Waals surface area contributed by atoms with Crippen LogP contribution in [0.5, 0.6) is 0 Å². The number of rotatable bonds is 6. The monoisotopic (exact) mass is 726 g/mol. The number of likely N-dealkylation sites (tertiary alicyclic amines) is 1. The van der Waals surface area contributed by atoms with Gasteiger partial charge in [0.05, 0.1) is 16.6 Å². The minimum atomic E-state index is -0.895. The Kier molecular flexibility index (Phi) is 8.80. The van der Waals surface area contributed by atoms with Gasteiger partial charge in [0.1, 0.15) is 27.5 Å². The van der Waals surface area contributed by atoms with Crippen molar-refractivity contribution in [2.45, 2.75) is 95.9 Å². The molecule has 1 aromatic carbocycles. The molecule has 1 spiro atoms. The third-order valence-electron chi connectivity index (χ3n) is 11.0. The van der Waals surface area contributed by atoms with Crippen LogP contribution in [0.3, 0.4) is 0 Å². The van der Waals surface area contributed by atoms with E-state index in [0.717, 1.165) is 36.9 Å². The maximum absolute atomic E-state index is 15.1. The van der Waals surface area contributed by atoms with Crippen molar-refractivity contribution in [1.29, 1.82) is 0 Å². The zero-order valence-corrected chi connectivity index (χ0v) is 30.7. The maximum atomic E-state index is 15.1. The van der Waals surface area contributed by atoms with Gasteiger partial charge in [-0.15, -0.1) is 0 Å². The number of piperazine rings is 1. The molecule has 3 amide bonds. The minimum Gasteiger partial charge on any atom is -0.337 e. The van der Waals surface area contributed by atoms with Crippen molar-refractivity contribution in [1.82, 2.24) is 24.6 Å². The fourth-order valence-electron chi connectivity index (χ4n) is 8.38. The number of amides is 3. The molecule has 0 bridgehead atoms. The number of benzene rings is 1. The van der Waals surface area contributed by atoms with Crippen LogP contribution in [-0.2, 0) is 19.9 Å². The van der Waals surface area contributed by atoms with E-state index in [1.54, 1.807) is 31.3 Å². The summed E-state index contributed by atoms with van der Waals surface area (Å²) in [5, 5.41) is 1.01. The summed E-state index contributed by atoms with van der Waals surface area (Å²) in [6, 6.07) is 7.21. The first-order chi connectivity index (χ1) is 23.3. The van der Waals surface area contributed by atoms with Crippen LogP contribution in [0.15, 0.2) is 52.1 Å². The van der Waals surface area contributed by atoms with Gasteiger partial charge in [0.2, 0.25) is 11.8 Å². The van der Waals surface area contributed by atoms with Gasteiger partial charge < -0.3 is 19.6 Å². The van der Waals surface area contributed by atoms with Gasteiger partial charge in [-0.3, -0.25) is 14.4 Å². The summed E-state index contributed by atoms with van der Waals surface area (Å²) in [4.78, 5) is 59.3. The molecule has 0 radical (unpaired) electrons. The molecule has 1 aliphatic carbocycles. The topological polar surface area (TPSA) is 89.4 Å². The minimum absolute atomic E-state index is 0.0229. The number of thioether (sulfide) groups is 1. The fraction of sp³-hybridized carbons (Fsp3) is 0.528. The fourth-order valence-corrected chi connectivity index (χ4v) is 9.96. The third-order valence-corrected chi connectivity index (χ3v) is 12.6. The molecule has 9 nitrogen and oxygen atoms in total. The number of hydrogen-bond acceptors (Lipinski definition) is 7. The molecule has 5 heterocycles. The number of allylic oxidation sites excluding steroid dienone is 1. The second-order valence-corrected chi connectivity index (χ2v) is 16.1. The normalized spacial score (nSPS) is 27.4. The largest absolute Gasteiger partial charge is 0.337 e. The van der Waals surface area contributed by atoms with Crippen molar-refractivity contribution in [3.05, 3.63) is 74.3 Å². The molecule has 2 aromatic rings. The molecule has 1 aromatic heterocycles. The van der Waals surface area contributed by atoms with Crippen molar-refractivity contribution in [3.63, 3.8) is 0 Å². The average molecular weight is 728 g/mol. The van der Waals surface area contributed by atoms with Crippen LogP contribution in [0, 0.1) is 11.7 Å². The molecule has 13 heteroatoms. The van der Waals surface area contributed by atoms with E-state index in [9.17, 15) is 14.4 Å². The number of fused-ring (bicyclic) bond motifs is 1. The van der Waals surface area contributed by atoms with E-state index in [1.165, 1.54) is 17.8 Å². The second-order valence-electron chi connectivity index (χ2n) is 14.4. The van der Waals surface area contributed by atoms with Crippen LogP contribution in [0.25, 0.3) is 0 Å². The van der Waals surface area contributed by atoms with E-state index in [0.29, 0.717) is 46.8 Å². The van der Waals surface area contributed by atoms with Crippen LogP contribution in [-0.4, -0.2) is 84.7 Å². The Morgan fingerprint density at radius 1 is 1.10 bits per heavy atom. The Morgan fingerprint density at radius 3 is 2.47 bits per heavy atom. The molecule has 5 aliphatic rings.